The van der Waals surface area contributed by atoms with Crippen LogP contribution in [0.5, 0.6) is 0 Å². The number of rotatable bonds is 9. The molecule has 0 spiro atoms. The summed E-state index contributed by atoms with van der Waals surface area (Å²) in [5, 5.41) is 14.3. The summed E-state index contributed by atoms with van der Waals surface area (Å²) in [5.41, 5.74) is 1.84. The quantitative estimate of drug-likeness (QED) is 0.510. The first kappa shape index (κ1) is 23.5. The molecule has 178 valence electrons. The number of aryl methyl sites for hydroxylation is 1. The van der Waals surface area contributed by atoms with Crippen molar-refractivity contribution in [3.8, 4) is 0 Å². The molecule has 2 N–H and O–H groups in total. The summed E-state index contributed by atoms with van der Waals surface area (Å²) in [4.78, 5) is 25.4. The van der Waals surface area contributed by atoms with Gasteiger partial charge in [0, 0.05) is 32.4 Å². The van der Waals surface area contributed by atoms with Crippen molar-refractivity contribution in [1.29, 1.82) is 0 Å². The van der Waals surface area contributed by atoms with Crippen molar-refractivity contribution in [2.75, 3.05) is 6.54 Å². The van der Waals surface area contributed by atoms with Crippen molar-refractivity contribution in [2.24, 2.45) is 0 Å². The Hall–Kier alpha value is -3.68. The zero-order valence-corrected chi connectivity index (χ0v) is 19.3. The van der Waals surface area contributed by atoms with Crippen LogP contribution in [0.15, 0.2) is 60.7 Å². The molecule has 4 rings (SSSR count). The van der Waals surface area contributed by atoms with E-state index in [1.54, 1.807) is 0 Å². The molecule has 2 aromatic carbocycles. The van der Waals surface area contributed by atoms with E-state index < -0.39 is 12.1 Å². The van der Waals surface area contributed by atoms with Crippen LogP contribution in [0.1, 0.15) is 42.0 Å². The fraction of sp³-hybridized carbons (Fsp3) is 0.385. The second kappa shape index (κ2) is 12.0. The number of nitrogens with zero attached hydrogens (tertiary/aromatic N) is 3. The molecule has 0 saturated carbocycles. The summed E-state index contributed by atoms with van der Waals surface area (Å²) < 4.78 is 7.51. The van der Waals surface area contributed by atoms with Crippen LogP contribution in [0.3, 0.4) is 0 Å². The van der Waals surface area contributed by atoms with Gasteiger partial charge in [-0.2, -0.15) is 0 Å². The minimum Gasteiger partial charge on any atom is -0.445 e. The maximum atomic E-state index is 13.0. The molecular weight excluding hydrogens is 430 g/mol. The van der Waals surface area contributed by atoms with Gasteiger partial charge in [-0.3, -0.25) is 4.79 Å². The Kier molecular flexibility index (Phi) is 8.27. The Bertz CT molecular complexity index is 1070. The van der Waals surface area contributed by atoms with Gasteiger partial charge in [-0.1, -0.05) is 67.1 Å². The molecule has 2 heterocycles. The van der Waals surface area contributed by atoms with Gasteiger partial charge in [-0.05, 0) is 24.0 Å². The van der Waals surface area contributed by atoms with Gasteiger partial charge in [0.05, 0.1) is 0 Å². The minimum atomic E-state index is -0.749. The third-order valence-corrected chi connectivity index (χ3v) is 5.94. The molecule has 0 unspecified atom stereocenters. The molecule has 0 aliphatic carbocycles. The lowest BCUT2D eigenvalue weighted by Gasteiger charge is -2.18. The highest BCUT2D eigenvalue weighted by Gasteiger charge is 2.22. The van der Waals surface area contributed by atoms with Crippen molar-refractivity contribution in [2.45, 2.75) is 57.7 Å². The average molecular weight is 462 g/mol. The first-order chi connectivity index (χ1) is 16.7. The smallest absolute Gasteiger partial charge is 0.408 e. The number of aromatic nitrogens is 3. The lowest BCUT2D eigenvalue weighted by Crippen LogP contribution is -2.48. The lowest BCUT2D eigenvalue weighted by atomic mass is 10.1. The van der Waals surface area contributed by atoms with Crippen LogP contribution >= 0.6 is 0 Å². The Labute approximate surface area is 199 Å². The third kappa shape index (κ3) is 6.66. The van der Waals surface area contributed by atoms with Crippen molar-refractivity contribution >= 4 is 12.0 Å². The second-order valence-electron chi connectivity index (χ2n) is 8.48. The van der Waals surface area contributed by atoms with Gasteiger partial charge in [-0.15, -0.1) is 10.2 Å². The summed E-state index contributed by atoms with van der Waals surface area (Å²) in [6.07, 6.45) is 4.76. The number of hydrogen-bond donors (Lipinski definition) is 2. The highest BCUT2D eigenvalue weighted by Crippen LogP contribution is 2.14. The van der Waals surface area contributed by atoms with Crippen LogP contribution in [-0.4, -0.2) is 39.4 Å². The average Bonchev–Trinajstić information content (AvgIpc) is 3.09. The fourth-order valence-electron chi connectivity index (χ4n) is 4.12. The molecule has 8 nitrogen and oxygen atoms in total. The molecule has 8 heteroatoms. The van der Waals surface area contributed by atoms with Crippen LogP contribution in [0, 0.1) is 0 Å². The van der Waals surface area contributed by atoms with Gasteiger partial charge in [-0.25, -0.2) is 4.79 Å². The van der Waals surface area contributed by atoms with Gasteiger partial charge in [0.15, 0.2) is 0 Å². The van der Waals surface area contributed by atoms with E-state index in [4.69, 9.17) is 4.74 Å². The fourth-order valence-corrected chi connectivity index (χ4v) is 4.12. The molecule has 1 aromatic heterocycles. The van der Waals surface area contributed by atoms with Crippen LogP contribution in [0.2, 0.25) is 0 Å². The molecule has 0 radical (unpaired) electrons. The largest absolute Gasteiger partial charge is 0.445 e. The van der Waals surface area contributed by atoms with Crippen molar-refractivity contribution in [3.63, 3.8) is 0 Å². The molecular formula is C26H31N5O3. The summed E-state index contributed by atoms with van der Waals surface area (Å²) in [5.74, 6) is 1.67. The Morgan fingerprint density at radius 2 is 1.68 bits per heavy atom. The number of carbonyl (C=O) groups is 2. The monoisotopic (exact) mass is 461 g/mol. The molecule has 3 aromatic rings. The minimum absolute atomic E-state index is 0.143. The Balaban J connectivity index is 1.33. The van der Waals surface area contributed by atoms with E-state index in [-0.39, 0.29) is 12.5 Å². The first-order valence-electron chi connectivity index (χ1n) is 11.9. The predicted molar refractivity (Wildman–Crippen MR) is 128 cm³/mol. The van der Waals surface area contributed by atoms with Crippen LogP contribution in [0.25, 0.3) is 0 Å². The van der Waals surface area contributed by atoms with E-state index in [1.807, 2.05) is 60.7 Å². The number of nitrogens with one attached hydrogen (secondary N) is 2. The summed E-state index contributed by atoms with van der Waals surface area (Å²) in [7, 11) is 0. The Morgan fingerprint density at radius 1 is 0.941 bits per heavy atom. The number of amides is 2. The first-order valence-corrected chi connectivity index (χ1v) is 11.9. The van der Waals surface area contributed by atoms with E-state index in [2.05, 4.69) is 25.4 Å². The van der Waals surface area contributed by atoms with E-state index >= 15 is 0 Å². The predicted octanol–water partition coefficient (Wildman–Crippen LogP) is 3.20. The van der Waals surface area contributed by atoms with Crippen molar-refractivity contribution < 1.29 is 14.3 Å². The highest BCUT2D eigenvalue weighted by atomic mass is 16.5. The molecule has 1 atom stereocenters. The number of ether oxygens (including phenoxy) is 1. The van der Waals surface area contributed by atoms with Crippen molar-refractivity contribution in [1.82, 2.24) is 25.4 Å². The highest BCUT2D eigenvalue weighted by molar-refractivity contribution is 5.85. The molecule has 0 bridgehead atoms. The van der Waals surface area contributed by atoms with Crippen LogP contribution in [0.4, 0.5) is 4.79 Å². The molecule has 1 aliphatic rings. The van der Waals surface area contributed by atoms with Crippen molar-refractivity contribution in [3.05, 3.63) is 83.4 Å². The molecule has 34 heavy (non-hydrogen) atoms. The zero-order chi connectivity index (χ0) is 23.6. The van der Waals surface area contributed by atoms with E-state index in [9.17, 15) is 9.59 Å². The van der Waals surface area contributed by atoms with Gasteiger partial charge in [0.25, 0.3) is 0 Å². The summed E-state index contributed by atoms with van der Waals surface area (Å²) in [6.45, 7) is 1.49. The second-order valence-corrected chi connectivity index (χ2v) is 8.48. The van der Waals surface area contributed by atoms with Gasteiger partial charge < -0.3 is 19.9 Å². The van der Waals surface area contributed by atoms with Gasteiger partial charge in [0.2, 0.25) is 5.91 Å². The third-order valence-electron chi connectivity index (χ3n) is 5.94. The number of fused-ring (bicyclic) bond motifs is 1. The normalized spacial score (nSPS) is 13.9. The summed E-state index contributed by atoms with van der Waals surface area (Å²) >= 11 is 0. The van der Waals surface area contributed by atoms with E-state index in [0.29, 0.717) is 19.4 Å². The standard InChI is InChI=1S/C26H31N5O3/c32-25(27-16-15-24-30-29-23-14-8-3-9-17-31(23)24)22(18-20-10-4-1-5-11-20)28-26(33)34-19-21-12-6-2-7-13-21/h1-2,4-7,10-13,22H,3,8-9,14-19H2,(H,27,32)(H,28,33)/t22-/m0/s1. The van der Waals surface area contributed by atoms with Gasteiger partial charge >= 0.3 is 6.09 Å². The van der Waals surface area contributed by atoms with E-state index in [1.165, 1.54) is 6.42 Å². The molecule has 1 aliphatic heterocycles. The lowest BCUT2D eigenvalue weighted by molar-refractivity contribution is -0.123. The summed E-state index contributed by atoms with van der Waals surface area (Å²) in [6, 6.07) is 18.3. The molecule has 2 amide bonds. The number of carbonyl (C=O) groups excluding carboxylic acids is 2. The Morgan fingerprint density at radius 3 is 2.44 bits per heavy atom. The maximum Gasteiger partial charge on any atom is 0.408 e. The molecule has 0 fully saturated rings. The molecule has 0 saturated heterocycles. The number of alkyl carbamates (subject to hydrolysis) is 1. The van der Waals surface area contributed by atoms with Gasteiger partial charge in [0.1, 0.15) is 24.3 Å². The zero-order valence-electron chi connectivity index (χ0n) is 19.3. The topological polar surface area (TPSA) is 98.1 Å². The van der Waals surface area contributed by atoms with E-state index in [0.717, 1.165) is 48.6 Å². The van der Waals surface area contributed by atoms with Crippen LogP contribution < -0.4 is 10.6 Å². The number of hydrogen-bond acceptors (Lipinski definition) is 5. The van der Waals surface area contributed by atoms with Crippen LogP contribution in [-0.2, 0) is 41.9 Å². The maximum absolute atomic E-state index is 13.0. The number of benzene rings is 2. The SMILES string of the molecule is O=C(N[C@@H](Cc1ccccc1)C(=O)NCCc1nnc2n1CCCCC2)OCc1ccccc1.